The third kappa shape index (κ3) is 2.17. The van der Waals surface area contributed by atoms with E-state index in [-0.39, 0.29) is 11.7 Å². The van der Waals surface area contributed by atoms with Crippen LogP contribution in [0.15, 0.2) is 34.8 Å². The quantitative estimate of drug-likeness (QED) is 0.768. The topological polar surface area (TPSA) is 17.1 Å². The van der Waals surface area contributed by atoms with Gasteiger partial charge in [0.25, 0.3) is 0 Å². The second-order valence-corrected chi connectivity index (χ2v) is 7.15. The Labute approximate surface area is 138 Å². The minimum Gasteiger partial charge on any atom is -0.299 e. The summed E-state index contributed by atoms with van der Waals surface area (Å²) >= 11 is 3.56. The summed E-state index contributed by atoms with van der Waals surface area (Å²) < 4.78 is 1.13. The van der Waals surface area contributed by atoms with Gasteiger partial charge in [-0.1, -0.05) is 46.3 Å². The Hall–Kier alpha value is -1.67. The number of carbonyl (C=O) groups excluding carboxylic acids is 1. The van der Waals surface area contributed by atoms with Gasteiger partial charge in [0.05, 0.1) is 0 Å². The molecular formula is C20H17BrO. The molecule has 0 saturated heterocycles. The zero-order chi connectivity index (χ0) is 15.3. The summed E-state index contributed by atoms with van der Waals surface area (Å²) in [6.07, 6.45) is 7.42. The number of hydrogen-bond donors (Lipinski definition) is 0. The minimum absolute atomic E-state index is 0.0821. The summed E-state index contributed by atoms with van der Waals surface area (Å²) in [4.78, 5) is 11.8. The molecule has 2 aliphatic rings. The number of halogens is 1. The molecule has 0 N–H and O–H groups in total. The maximum atomic E-state index is 11.8. The summed E-state index contributed by atoms with van der Waals surface area (Å²) in [6, 6.07) is 11.0. The Balaban J connectivity index is 1.98. The zero-order valence-electron chi connectivity index (χ0n) is 12.5. The first-order chi connectivity index (χ1) is 10.6. The number of benzene rings is 2. The fourth-order valence-electron chi connectivity index (χ4n) is 3.67. The van der Waals surface area contributed by atoms with Crippen molar-refractivity contribution in [3.05, 3.63) is 56.4 Å². The van der Waals surface area contributed by atoms with Crippen LogP contribution in [0.5, 0.6) is 0 Å². The van der Waals surface area contributed by atoms with Crippen LogP contribution in [0.3, 0.4) is 0 Å². The molecule has 1 unspecified atom stereocenters. The van der Waals surface area contributed by atoms with Crippen molar-refractivity contribution in [2.24, 2.45) is 5.92 Å². The first-order valence-electron chi connectivity index (χ1n) is 7.76. The SMILES string of the molecule is CC(=O)C1C=c2c(ccc3c2=CCc2cc(Br)ccc2-3)CC1. The van der Waals surface area contributed by atoms with E-state index in [0.29, 0.717) is 0 Å². The highest BCUT2D eigenvalue weighted by Gasteiger charge is 2.19. The van der Waals surface area contributed by atoms with Crippen LogP contribution in [0, 0.1) is 5.92 Å². The third-order valence-corrected chi connectivity index (χ3v) is 5.37. The predicted octanol–water partition coefficient (Wildman–Crippen LogP) is 3.38. The second-order valence-electron chi connectivity index (χ2n) is 6.23. The van der Waals surface area contributed by atoms with Crippen molar-refractivity contribution in [3.8, 4) is 11.1 Å². The van der Waals surface area contributed by atoms with Gasteiger partial charge in [0.15, 0.2) is 0 Å². The molecule has 0 heterocycles. The number of hydrogen-bond acceptors (Lipinski definition) is 1. The molecule has 0 saturated carbocycles. The first-order valence-corrected chi connectivity index (χ1v) is 8.56. The van der Waals surface area contributed by atoms with Gasteiger partial charge in [-0.05, 0) is 71.0 Å². The number of fused-ring (bicyclic) bond motifs is 5. The van der Waals surface area contributed by atoms with Gasteiger partial charge in [0.2, 0.25) is 0 Å². The normalized spacial score (nSPS) is 18.4. The highest BCUT2D eigenvalue weighted by atomic mass is 79.9. The summed E-state index contributed by atoms with van der Waals surface area (Å²) in [5.41, 5.74) is 5.36. The van der Waals surface area contributed by atoms with Crippen LogP contribution in [0.1, 0.15) is 24.5 Å². The largest absolute Gasteiger partial charge is 0.299 e. The molecule has 0 fully saturated rings. The molecule has 2 heteroatoms. The summed E-state index contributed by atoms with van der Waals surface area (Å²) in [6.45, 7) is 1.71. The molecule has 0 bridgehead atoms. The molecule has 0 amide bonds. The lowest BCUT2D eigenvalue weighted by Crippen LogP contribution is -2.36. The van der Waals surface area contributed by atoms with Crippen molar-refractivity contribution in [3.63, 3.8) is 0 Å². The van der Waals surface area contributed by atoms with Gasteiger partial charge in [0.1, 0.15) is 5.78 Å². The van der Waals surface area contributed by atoms with Crippen LogP contribution in [-0.2, 0) is 17.6 Å². The van der Waals surface area contributed by atoms with Crippen molar-refractivity contribution in [1.29, 1.82) is 0 Å². The van der Waals surface area contributed by atoms with Gasteiger partial charge < -0.3 is 0 Å². The average Bonchev–Trinajstić information content (AvgIpc) is 2.53. The first kappa shape index (κ1) is 14.0. The zero-order valence-corrected chi connectivity index (χ0v) is 14.1. The smallest absolute Gasteiger partial charge is 0.136 e. The molecule has 0 aliphatic heterocycles. The lowest BCUT2D eigenvalue weighted by molar-refractivity contribution is -0.119. The predicted molar refractivity (Wildman–Crippen MR) is 94.0 cm³/mol. The van der Waals surface area contributed by atoms with Gasteiger partial charge >= 0.3 is 0 Å². The number of carbonyl (C=O) groups is 1. The number of rotatable bonds is 1. The minimum atomic E-state index is 0.0821. The molecule has 110 valence electrons. The highest BCUT2D eigenvalue weighted by molar-refractivity contribution is 9.10. The molecule has 22 heavy (non-hydrogen) atoms. The molecule has 0 spiro atoms. The van der Waals surface area contributed by atoms with E-state index in [9.17, 15) is 4.79 Å². The van der Waals surface area contributed by atoms with E-state index in [1.54, 1.807) is 6.92 Å². The lowest BCUT2D eigenvalue weighted by Gasteiger charge is -2.20. The summed E-state index contributed by atoms with van der Waals surface area (Å²) in [7, 11) is 0. The summed E-state index contributed by atoms with van der Waals surface area (Å²) in [5, 5.41) is 2.61. The standard InChI is InChI=1S/C20H17BrO/c1-12(22)14-3-2-13-4-7-18-17-9-6-16(21)10-15(17)5-8-19(18)20(13)11-14/h4,6-11,14H,2-3,5H2,1H3. The van der Waals surface area contributed by atoms with E-state index in [1.807, 2.05) is 0 Å². The third-order valence-electron chi connectivity index (χ3n) is 4.88. The van der Waals surface area contributed by atoms with Crippen LogP contribution in [0.4, 0.5) is 0 Å². The van der Waals surface area contributed by atoms with Crippen molar-refractivity contribution in [2.45, 2.75) is 26.2 Å². The second kappa shape index (κ2) is 5.20. The Morgan fingerprint density at radius 3 is 2.73 bits per heavy atom. The Morgan fingerprint density at radius 1 is 1.09 bits per heavy atom. The Kier molecular flexibility index (Phi) is 3.30. The van der Waals surface area contributed by atoms with Crippen LogP contribution in [0.2, 0.25) is 0 Å². The Bertz CT molecular complexity index is 908. The molecule has 1 atom stereocenters. The van der Waals surface area contributed by atoms with E-state index < -0.39 is 0 Å². The fraction of sp³-hybridized carbons (Fsp3) is 0.250. The maximum Gasteiger partial charge on any atom is 0.136 e. The van der Waals surface area contributed by atoms with Gasteiger partial charge in [-0.25, -0.2) is 0 Å². The average molecular weight is 353 g/mol. The molecule has 4 rings (SSSR count). The molecule has 2 aromatic carbocycles. The van der Waals surface area contributed by atoms with E-state index in [0.717, 1.165) is 23.7 Å². The monoisotopic (exact) mass is 352 g/mol. The fourth-order valence-corrected chi connectivity index (χ4v) is 4.08. The van der Waals surface area contributed by atoms with E-state index in [4.69, 9.17) is 0 Å². The van der Waals surface area contributed by atoms with Gasteiger partial charge in [0, 0.05) is 10.4 Å². The molecule has 2 aromatic rings. The number of ketones is 1. The van der Waals surface area contributed by atoms with Crippen molar-refractivity contribution < 1.29 is 4.79 Å². The van der Waals surface area contributed by atoms with Crippen molar-refractivity contribution in [1.82, 2.24) is 0 Å². The van der Waals surface area contributed by atoms with Crippen LogP contribution >= 0.6 is 15.9 Å². The van der Waals surface area contributed by atoms with E-state index in [2.05, 4.69) is 58.4 Å². The van der Waals surface area contributed by atoms with Crippen LogP contribution in [-0.4, -0.2) is 5.78 Å². The van der Waals surface area contributed by atoms with E-state index >= 15 is 0 Å². The Morgan fingerprint density at radius 2 is 1.91 bits per heavy atom. The molecule has 0 radical (unpaired) electrons. The molecule has 2 aliphatic carbocycles. The van der Waals surface area contributed by atoms with Crippen LogP contribution < -0.4 is 10.4 Å². The number of aryl methyl sites for hydroxylation is 1. The van der Waals surface area contributed by atoms with Gasteiger partial charge in [-0.2, -0.15) is 0 Å². The lowest BCUT2D eigenvalue weighted by atomic mass is 9.83. The molecule has 1 nitrogen and oxygen atoms in total. The molecular weight excluding hydrogens is 336 g/mol. The van der Waals surface area contributed by atoms with Gasteiger partial charge in [-0.15, -0.1) is 0 Å². The van der Waals surface area contributed by atoms with Gasteiger partial charge in [-0.3, -0.25) is 4.79 Å². The summed E-state index contributed by atoms with van der Waals surface area (Å²) in [5.74, 6) is 0.363. The van der Waals surface area contributed by atoms with Crippen molar-refractivity contribution in [2.75, 3.05) is 0 Å². The maximum absolute atomic E-state index is 11.8. The molecule has 0 aromatic heterocycles. The van der Waals surface area contributed by atoms with Crippen LogP contribution in [0.25, 0.3) is 23.3 Å². The number of Topliss-reactive ketones (excluding diaryl/α,β-unsaturated/α-hetero) is 1. The van der Waals surface area contributed by atoms with E-state index in [1.165, 1.54) is 32.7 Å². The van der Waals surface area contributed by atoms with Crippen molar-refractivity contribution >= 4 is 33.9 Å². The highest BCUT2D eigenvalue weighted by Crippen LogP contribution is 2.28.